The van der Waals surface area contributed by atoms with Crippen LogP contribution in [0.5, 0.6) is 5.75 Å². The molecule has 0 amide bonds. The number of hydrazone groups is 1. The first-order valence-corrected chi connectivity index (χ1v) is 3.83. The van der Waals surface area contributed by atoms with E-state index < -0.39 is 0 Å². The zero-order valence-corrected chi connectivity index (χ0v) is 7.03. The second kappa shape index (κ2) is 4.38. The maximum absolute atomic E-state index is 5.29. The van der Waals surface area contributed by atoms with E-state index in [1.807, 2.05) is 31.2 Å². The lowest BCUT2D eigenvalue weighted by atomic mass is 10.2. The molecule has 64 valence electrons. The highest BCUT2D eigenvalue weighted by Crippen LogP contribution is 2.11. The van der Waals surface area contributed by atoms with E-state index in [2.05, 4.69) is 5.10 Å². The van der Waals surface area contributed by atoms with Gasteiger partial charge in [0, 0.05) is 0 Å². The van der Waals surface area contributed by atoms with Crippen LogP contribution in [0, 0.1) is 0 Å². The van der Waals surface area contributed by atoms with E-state index in [1.165, 1.54) is 0 Å². The molecule has 0 spiro atoms. The summed E-state index contributed by atoms with van der Waals surface area (Å²) in [6.07, 6.45) is 1.59. The highest BCUT2D eigenvalue weighted by molar-refractivity contribution is 5.79. The first-order valence-electron chi connectivity index (χ1n) is 3.83. The summed E-state index contributed by atoms with van der Waals surface area (Å²) in [6, 6.07) is 7.61. The average Bonchev–Trinajstić information content (AvgIpc) is 2.06. The fourth-order valence-electron chi connectivity index (χ4n) is 0.937. The molecule has 0 saturated heterocycles. The third kappa shape index (κ3) is 2.27. The molecule has 0 fully saturated rings. The Morgan fingerprint density at radius 1 is 1.58 bits per heavy atom. The number of hydrogen-bond donors (Lipinski definition) is 1. The molecule has 0 atom stereocenters. The van der Waals surface area contributed by atoms with Crippen molar-refractivity contribution in [3.05, 3.63) is 29.8 Å². The lowest BCUT2D eigenvalue weighted by Crippen LogP contribution is -1.92. The van der Waals surface area contributed by atoms with E-state index in [1.54, 1.807) is 6.21 Å². The Labute approximate surface area is 71.8 Å². The van der Waals surface area contributed by atoms with Crippen LogP contribution in [-0.2, 0) is 0 Å². The standard InChI is InChI=1S/C9H12N2O/c1-2-12-9-5-3-4-8(6-9)7-11-10/h3-7H,2,10H2,1H3. The largest absolute Gasteiger partial charge is 0.494 e. The van der Waals surface area contributed by atoms with Crippen molar-refractivity contribution in [2.45, 2.75) is 6.92 Å². The zero-order valence-electron chi connectivity index (χ0n) is 7.03. The first kappa shape index (κ1) is 8.59. The highest BCUT2D eigenvalue weighted by Gasteiger charge is 1.92. The van der Waals surface area contributed by atoms with Crippen molar-refractivity contribution >= 4 is 6.21 Å². The van der Waals surface area contributed by atoms with E-state index in [0.717, 1.165) is 11.3 Å². The van der Waals surface area contributed by atoms with Crippen molar-refractivity contribution in [1.29, 1.82) is 0 Å². The van der Waals surface area contributed by atoms with Crippen molar-refractivity contribution in [2.24, 2.45) is 10.9 Å². The Kier molecular flexibility index (Phi) is 3.14. The van der Waals surface area contributed by atoms with E-state index in [-0.39, 0.29) is 0 Å². The summed E-state index contributed by atoms with van der Waals surface area (Å²) < 4.78 is 5.29. The minimum absolute atomic E-state index is 0.670. The van der Waals surface area contributed by atoms with Crippen molar-refractivity contribution in [2.75, 3.05) is 6.61 Å². The van der Waals surface area contributed by atoms with Gasteiger partial charge in [0.15, 0.2) is 0 Å². The minimum atomic E-state index is 0.670. The first-order chi connectivity index (χ1) is 5.86. The Hall–Kier alpha value is -1.51. The normalized spacial score (nSPS) is 10.4. The van der Waals surface area contributed by atoms with Gasteiger partial charge in [-0.3, -0.25) is 0 Å². The second-order valence-electron chi connectivity index (χ2n) is 2.28. The SMILES string of the molecule is CCOc1cccc(C=NN)c1. The second-order valence-corrected chi connectivity index (χ2v) is 2.28. The summed E-state index contributed by atoms with van der Waals surface area (Å²) in [5, 5.41) is 3.43. The van der Waals surface area contributed by atoms with Crippen molar-refractivity contribution < 1.29 is 4.74 Å². The lowest BCUT2D eigenvalue weighted by molar-refractivity contribution is 0.340. The van der Waals surface area contributed by atoms with Gasteiger partial charge in [0.2, 0.25) is 0 Å². The third-order valence-electron chi connectivity index (χ3n) is 1.39. The number of rotatable bonds is 3. The van der Waals surface area contributed by atoms with Gasteiger partial charge in [-0.05, 0) is 24.6 Å². The Bertz CT molecular complexity index is 271. The van der Waals surface area contributed by atoms with Gasteiger partial charge in [-0.25, -0.2) is 0 Å². The molecular formula is C9H12N2O. The number of ether oxygens (including phenoxy) is 1. The summed E-state index contributed by atoms with van der Waals surface area (Å²) >= 11 is 0. The van der Waals surface area contributed by atoms with Gasteiger partial charge in [-0.1, -0.05) is 12.1 Å². The summed E-state index contributed by atoms with van der Waals surface area (Å²) in [7, 11) is 0. The van der Waals surface area contributed by atoms with Crippen LogP contribution < -0.4 is 10.6 Å². The van der Waals surface area contributed by atoms with Crippen LogP contribution in [0.3, 0.4) is 0 Å². The summed E-state index contributed by atoms with van der Waals surface area (Å²) in [5.41, 5.74) is 0.948. The van der Waals surface area contributed by atoms with Crippen LogP contribution in [0.25, 0.3) is 0 Å². The van der Waals surface area contributed by atoms with Gasteiger partial charge in [0.25, 0.3) is 0 Å². The lowest BCUT2D eigenvalue weighted by Gasteiger charge is -2.02. The molecule has 0 unspecified atom stereocenters. The van der Waals surface area contributed by atoms with E-state index in [9.17, 15) is 0 Å². The van der Waals surface area contributed by atoms with Crippen LogP contribution in [-0.4, -0.2) is 12.8 Å². The van der Waals surface area contributed by atoms with Gasteiger partial charge in [0.05, 0.1) is 12.8 Å². The smallest absolute Gasteiger partial charge is 0.119 e. The number of hydrogen-bond acceptors (Lipinski definition) is 3. The Morgan fingerprint density at radius 2 is 2.42 bits per heavy atom. The number of nitrogens with two attached hydrogens (primary N) is 1. The molecule has 3 heteroatoms. The maximum Gasteiger partial charge on any atom is 0.119 e. The van der Waals surface area contributed by atoms with Crippen molar-refractivity contribution in [1.82, 2.24) is 0 Å². The van der Waals surface area contributed by atoms with E-state index >= 15 is 0 Å². The van der Waals surface area contributed by atoms with Gasteiger partial charge < -0.3 is 10.6 Å². The van der Waals surface area contributed by atoms with Crippen LogP contribution in [0.2, 0.25) is 0 Å². The molecule has 0 radical (unpaired) electrons. The van der Waals surface area contributed by atoms with Gasteiger partial charge in [-0.2, -0.15) is 5.10 Å². The van der Waals surface area contributed by atoms with Crippen LogP contribution in [0.1, 0.15) is 12.5 Å². The van der Waals surface area contributed by atoms with Crippen LogP contribution >= 0.6 is 0 Å². The molecule has 12 heavy (non-hydrogen) atoms. The predicted octanol–water partition coefficient (Wildman–Crippen LogP) is 1.38. The zero-order chi connectivity index (χ0) is 8.81. The van der Waals surface area contributed by atoms with E-state index in [0.29, 0.717) is 6.61 Å². The van der Waals surface area contributed by atoms with E-state index in [4.69, 9.17) is 10.6 Å². The molecule has 0 aromatic heterocycles. The number of nitrogens with zero attached hydrogens (tertiary/aromatic N) is 1. The molecule has 2 N–H and O–H groups in total. The summed E-state index contributed by atoms with van der Waals surface area (Å²) in [4.78, 5) is 0. The molecule has 0 bridgehead atoms. The summed E-state index contributed by atoms with van der Waals surface area (Å²) in [5.74, 6) is 5.86. The monoisotopic (exact) mass is 164 g/mol. The molecule has 0 heterocycles. The maximum atomic E-state index is 5.29. The van der Waals surface area contributed by atoms with Crippen molar-refractivity contribution in [3.8, 4) is 5.75 Å². The molecule has 1 aromatic rings. The summed E-state index contributed by atoms with van der Waals surface area (Å²) in [6.45, 7) is 2.62. The van der Waals surface area contributed by atoms with Gasteiger partial charge in [-0.15, -0.1) is 0 Å². The quantitative estimate of drug-likeness (QED) is 0.416. The molecule has 0 aliphatic heterocycles. The van der Waals surface area contributed by atoms with Crippen LogP contribution in [0.4, 0.5) is 0 Å². The van der Waals surface area contributed by atoms with Crippen LogP contribution in [0.15, 0.2) is 29.4 Å². The molecule has 0 aliphatic carbocycles. The highest BCUT2D eigenvalue weighted by atomic mass is 16.5. The third-order valence-corrected chi connectivity index (χ3v) is 1.39. The molecule has 3 nitrogen and oxygen atoms in total. The van der Waals surface area contributed by atoms with Gasteiger partial charge >= 0.3 is 0 Å². The van der Waals surface area contributed by atoms with Gasteiger partial charge in [0.1, 0.15) is 5.75 Å². The fourth-order valence-corrected chi connectivity index (χ4v) is 0.937. The van der Waals surface area contributed by atoms with Crippen molar-refractivity contribution in [3.63, 3.8) is 0 Å². The molecule has 1 aromatic carbocycles. The topological polar surface area (TPSA) is 47.6 Å². The minimum Gasteiger partial charge on any atom is -0.494 e. The Morgan fingerprint density at radius 3 is 3.08 bits per heavy atom. The average molecular weight is 164 g/mol. The molecule has 0 aliphatic rings. The molecule has 1 rings (SSSR count). The Balaban J connectivity index is 2.80. The number of benzene rings is 1. The predicted molar refractivity (Wildman–Crippen MR) is 49.4 cm³/mol. The molecular weight excluding hydrogens is 152 g/mol. The molecule has 0 saturated carbocycles. The fraction of sp³-hybridized carbons (Fsp3) is 0.222.